The fraction of sp³-hybridized carbons (Fsp3) is 0.500. The van der Waals surface area contributed by atoms with E-state index in [4.69, 9.17) is 17.3 Å². The van der Waals surface area contributed by atoms with Gasteiger partial charge >= 0.3 is 0 Å². The Balaban J connectivity index is 2.25. The second-order valence-electron chi connectivity index (χ2n) is 4.08. The lowest BCUT2D eigenvalue weighted by Crippen LogP contribution is -2.31. The van der Waals surface area contributed by atoms with Crippen LogP contribution in [0.2, 0.25) is 5.02 Å². The van der Waals surface area contributed by atoms with Crippen LogP contribution < -0.4 is 5.73 Å². The van der Waals surface area contributed by atoms with Gasteiger partial charge in [0.05, 0.1) is 0 Å². The molecule has 1 aromatic rings. The molecule has 1 saturated carbocycles. The van der Waals surface area contributed by atoms with E-state index < -0.39 is 0 Å². The second kappa shape index (κ2) is 4.33. The Kier molecular flexibility index (Phi) is 3.09. The van der Waals surface area contributed by atoms with E-state index in [1.807, 2.05) is 18.2 Å². The Morgan fingerprint density at radius 3 is 2.57 bits per heavy atom. The molecule has 2 atom stereocenters. The smallest absolute Gasteiger partial charge is 0.0441 e. The van der Waals surface area contributed by atoms with Gasteiger partial charge in [0.25, 0.3) is 0 Å². The van der Waals surface area contributed by atoms with Crippen molar-refractivity contribution in [2.45, 2.75) is 37.6 Å². The maximum Gasteiger partial charge on any atom is 0.0441 e. The zero-order valence-corrected chi connectivity index (χ0v) is 9.00. The third-order valence-corrected chi connectivity index (χ3v) is 3.47. The van der Waals surface area contributed by atoms with Crippen molar-refractivity contribution >= 4 is 11.6 Å². The standard InChI is InChI=1S/C12H16ClN/c13-11-7-3-1-5-9(11)10-6-2-4-8-12(10)14/h1,3,5,7,10,12H,2,4,6,8,14H2. The van der Waals surface area contributed by atoms with E-state index in [1.54, 1.807) is 0 Å². The highest BCUT2D eigenvalue weighted by atomic mass is 35.5. The maximum atomic E-state index is 6.17. The summed E-state index contributed by atoms with van der Waals surface area (Å²) in [7, 11) is 0. The molecule has 0 radical (unpaired) electrons. The van der Waals surface area contributed by atoms with Crippen LogP contribution in [0.15, 0.2) is 24.3 Å². The monoisotopic (exact) mass is 209 g/mol. The molecular weight excluding hydrogens is 194 g/mol. The van der Waals surface area contributed by atoms with E-state index in [2.05, 4.69) is 6.07 Å². The molecule has 14 heavy (non-hydrogen) atoms. The van der Waals surface area contributed by atoms with Crippen molar-refractivity contribution in [1.29, 1.82) is 0 Å². The molecule has 2 rings (SSSR count). The molecule has 2 unspecified atom stereocenters. The molecule has 0 amide bonds. The predicted octanol–water partition coefficient (Wildman–Crippen LogP) is 3.32. The molecule has 0 aromatic heterocycles. The van der Waals surface area contributed by atoms with Crippen LogP contribution in [0.5, 0.6) is 0 Å². The molecule has 1 fully saturated rings. The van der Waals surface area contributed by atoms with Gasteiger partial charge < -0.3 is 5.73 Å². The molecule has 1 aromatic carbocycles. The molecule has 0 saturated heterocycles. The maximum absolute atomic E-state index is 6.17. The molecule has 0 aliphatic heterocycles. The minimum absolute atomic E-state index is 0.295. The van der Waals surface area contributed by atoms with Gasteiger partial charge in [-0.15, -0.1) is 0 Å². The van der Waals surface area contributed by atoms with Crippen LogP contribution in [0.3, 0.4) is 0 Å². The molecule has 76 valence electrons. The predicted molar refractivity (Wildman–Crippen MR) is 60.6 cm³/mol. The van der Waals surface area contributed by atoms with Gasteiger partial charge in [-0.2, -0.15) is 0 Å². The van der Waals surface area contributed by atoms with Crippen molar-refractivity contribution in [3.8, 4) is 0 Å². The molecule has 2 N–H and O–H groups in total. The average Bonchev–Trinajstić information content (AvgIpc) is 2.20. The minimum Gasteiger partial charge on any atom is -0.327 e. The number of benzene rings is 1. The summed E-state index contributed by atoms with van der Waals surface area (Å²) in [6.07, 6.45) is 4.87. The van der Waals surface area contributed by atoms with Crippen molar-refractivity contribution in [3.05, 3.63) is 34.9 Å². The summed E-state index contributed by atoms with van der Waals surface area (Å²) < 4.78 is 0. The van der Waals surface area contributed by atoms with E-state index in [-0.39, 0.29) is 0 Å². The van der Waals surface area contributed by atoms with Gasteiger partial charge in [-0.1, -0.05) is 42.6 Å². The van der Waals surface area contributed by atoms with Crippen molar-refractivity contribution in [2.24, 2.45) is 5.73 Å². The summed E-state index contributed by atoms with van der Waals surface area (Å²) >= 11 is 6.17. The van der Waals surface area contributed by atoms with E-state index in [0.717, 1.165) is 11.4 Å². The topological polar surface area (TPSA) is 26.0 Å². The van der Waals surface area contributed by atoms with Crippen LogP contribution in [-0.4, -0.2) is 6.04 Å². The van der Waals surface area contributed by atoms with Crippen LogP contribution in [0.1, 0.15) is 37.2 Å². The number of hydrogen-bond donors (Lipinski definition) is 1. The molecule has 1 aliphatic rings. The van der Waals surface area contributed by atoms with Gasteiger partial charge in [-0.3, -0.25) is 0 Å². The molecule has 2 heteroatoms. The summed E-state index contributed by atoms with van der Waals surface area (Å²) in [6.45, 7) is 0. The van der Waals surface area contributed by atoms with E-state index in [9.17, 15) is 0 Å². The normalized spacial score (nSPS) is 27.6. The van der Waals surface area contributed by atoms with Crippen molar-refractivity contribution < 1.29 is 0 Å². The van der Waals surface area contributed by atoms with Crippen LogP contribution in [0.25, 0.3) is 0 Å². The highest BCUT2D eigenvalue weighted by Gasteiger charge is 2.24. The molecule has 0 bridgehead atoms. The fourth-order valence-corrected chi connectivity index (χ4v) is 2.60. The first-order valence-electron chi connectivity index (χ1n) is 5.29. The Bertz CT molecular complexity index is 311. The lowest BCUT2D eigenvalue weighted by molar-refractivity contribution is 0.385. The van der Waals surface area contributed by atoms with Gasteiger partial charge in [-0.05, 0) is 24.5 Å². The summed E-state index contributed by atoms with van der Waals surface area (Å²) in [6, 6.07) is 8.38. The van der Waals surface area contributed by atoms with Crippen LogP contribution in [0, 0.1) is 0 Å². The highest BCUT2D eigenvalue weighted by molar-refractivity contribution is 6.31. The Labute approximate surface area is 90.3 Å². The fourth-order valence-electron chi connectivity index (χ4n) is 2.32. The van der Waals surface area contributed by atoms with Crippen molar-refractivity contribution in [2.75, 3.05) is 0 Å². The van der Waals surface area contributed by atoms with E-state index in [0.29, 0.717) is 12.0 Å². The third kappa shape index (κ3) is 1.94. The van der Waals surface area contributed by atoms with Crippen molar-refractivity contribution in [1.82, 2.24) is 0 Å². The van der Waals surface area contributed by atoms with Crippen LogP contribution >= 0.6 is 11.6 Å². The van der Waals surface area contributed by atoms with Gasteiger partial charge in [0.15, 0.2) is 0 Å². The lowest BCUT2D eigenvalue weighted by atomic mass is 9.80. The van der Waals surface area contributed by atoms with Gasteiger partial charge in [0, 0.05) is 17.0 Å². The van der Waals surface area contributed by atoms with Crippen LogP contribution in [0.4, 0.5) is 0 Å². The average molecular weight is 210 g/mol. The molecule has 0 heterocycles. The number of nitrogens with two attached hydrogens (primary N) is 1. The quantitative estimate of drug-likeness (QED) is 0.755. The zero-order chi connectivity index (χ0) is 9.97. The molecule has 0 spiro atoms. The van der Waals surface area contributed by atoms with Gasteiger partial charge in [0.1, 0.15) is 0 Å². The first-order chi connectivity index (χ1) is 6.79. The number of halogens is 1. The second-order valence-corrected chi connectivity index (χ2v) is 4.48. The lowest BCUT2D eigenvalue weighted by Gasteiger charge is -2.29. The largest absolute Gasteiger partial charge is 0.327 e. The Morgan fingerprint density at radius 2 is 1.86 bits per heavy atom. The summed E-state index contributed by atoms with van der Waals surface area (Å²) in [5, 5.41) is 0.870. The first-order valence-corrected chi connectivity index (χ1v) is 5.67. The Hall–Kier alpha value is -0.530. The number of hydrogen-bond acceptors (Lipinski definition) is 1. The van der Waals surface area contributed by atoms with E-state index >= 15 is 0 Å². The summed E-state index contributed by atoms with van der Waals surface area (Å²) in [4.78, 5) is 0. The van der Waals surface area contributed by atoms with Gasteiger partial charge in [0.2, 0.25) is 0 Å². The SMILES string of the molecule is NC1CCCCC1c1ccccc1Cl. The number of rotatable bonds is 1. The highest BCUT2D eigenvalue weighted by Crippen LogP contribution is 2.35. The zero-order valence-electron chi connectivity index (χ0n) is 8.25. The van der Waals surface area contributed by atoms with Gasteiger partial charge in [-0.25, -0.2) is 0 Å². The summed E-state index contributed by atoms with van der Waals surface area (Å²) in [5.41, 5.74) is 7.36. The summed E-state index contributed by atoms with van der Waals surface area (Å²) in [5.74, 6) is 0.470. The Morgan fingerprint density at radius 1 is 1.14 bits per heavy atom. The van der Waals surface area contributed by atoms with E-state index in [1.165, 1.54) is 24.8 Å². The first kappa shape index (κ1) is 10.0. The molecule has 1 aliphatic carbocycles. The molecular formula is C12H16ClN. The minimum atomic E-state index is 0.295. The van der Waals surface area contributed by atoms with Crippen molar-refractivity contribution in [3.63, 3.8) is 0 Å². The molecule has 1 nitrogen and oxygen atoms in total. The third-order valence-electron chi connectivity index (χ3n) is 3.12. The van der Waals surface area contributed by atoms with Crippen LogP contribution in [-0.2, 0) is 0 Å².